The van der Waals surface area contributed by atoms with Crippen molar-refractivity contribution in [2.24, 2.45) is 44.4 Å². The van der Waals surface area contributed by atoms with Crippen LogP contribution in [0.4, 0.5) is 0 Å². The molecule has 0 aliphatic carbocycles. The summed E-state index contributed by atoms with van der Waals surface area (Å²) >= 11 is 0. The number of carbonyl (C=O) groups excluding carboxylic acids is 4. The second-order valence-corrected chi connectivity index (χ2v) is 8.29. The minimum absolute atomic E-state index is 0.0457. The summed E-state index contributed by atoms with van der Waals surface area (Å²) < 4.78 is 0. The summed E-state index contributed by atoms with van der Waals surface area (Å²) in [5.74, 6) is -7.07. The van der Waals surface area contributed by atoms with Gasteiger partial charge in [-0.25, -0.2) is 4.79 Å². The molecule has 0 aromatic heterocycles. The van der Waals surface area contributed by atoms with Crippen LogP contribution in [0.5, 0.6) is 0 Å². The number of amides is 4. The molecule has 0 fully saturated rings. The van der Waals surface area contributed by atoms with Crippen LogP contribution < -0.4 is 50.4 Å². The second kappa shape index (κ2) is 17.7. The maximum atomic E-state index is 13.1. The highest BCUT2D eigenvalue weighted by molar-refractivity contribution is 5.95. The van der Waals surface area contributed by atoms with Gasteiger partial charge in [0.05, 0.1) is 18.9 Å². The topological polar surface area (TPSA) is 360 Å². The van der Waals surface area contributed by atoms with Gasteiger partial charge in [-0.2, -0.15) is 0 Å². The van der Waals surface area contributed by atoms with Crippen LogP contribution in [0.15, 0.2) is 9.98 Å². The first kappa shape index (κ1) is 34.3. The number of aliphatic carboxylic acids is 2. The molecule has 0 aliphatic rings. The van der Waals surface area contributed by atoms with Gasteiger partial charge in [-0.15, -0.1) is 0 Å². The van der Waals surface area contributed by atoms with Crippen LogP contribution in [0, 0.1) is 0 Å². The van der Waals surface area contributed by atoms with Crippen LogP contribution in [-0.4, -0.2) is 95.0 Å². The van der Waals surface area contributed by atoms with Gasteiger partial charge in [0.1, 0.15) is 18.1 Å². The van der Waals surface area contributed by atoms with Crippen molar-refractivity contribution in [3.05, 3.63) is 0 Å². The van der Waals surface area contributed by atoms with Crippen molar-refractivity contribution in [1.82, 2.24) is 16.0 Å². The lowest BCUT2D eigenvalue weighted by atomic mass is 10.1. The average molecular weight is 560 g/mol. The normalized spacial score (nSPS) is 13.5. The molecular weight excluding hydrogens is 522 g/mol. The van der Waals surface area contributed by atoms with Crippen LogP contribution in [0.25, 0.3) is 0 Å². The van der Waals surface area contributed by atoms with Crippen LogP contribution in [-0.2, 0) is 28.8 Å². The highest BCUT2D eigenvalue weighted by Gasteiger charge is 2.31. The molecule has 0 spiro atoms. The minimum atomic E-state index is -1.67. The standard InChI is InChI=1S/C20H37N11O8/c21-9(7-14(33)34)15(35)29-10(3-1-5-27-19(23)24)16(36)30-11(4-2-6-28-20(25)26)17(37)31-12(18(38)39)8-13(22)32/h9-12H,1-8,21H2,(H2,22,32)(H,29,35)(H,30,36)(H,31,37)(H,33,34)(H,38,39)(H4,23,24,27)(H4,25,26,28). The third kappa shape index (κ3) is 15.9. The highest BCUT2D eigenvalue weighted by atomic mass is 16.4. The molecule has 0 radical (unpaired) electrons. The number of carboxylic acid groups (broad SMARTS) is 2. The molecule has 39 heavy (non-hydrogen) atoms. The van der Waals surface area contributed by atoms with Gasteiger partial charge < -0.3 is 60.6 Å². The number of carboxylic acids is 2. The van der Waals surface area contributed by atoms with Gasteiger partial charge in [0, 0.05) is 13.1 Å². The van der Waals surface area contributed by atoms with Gasteiger partial charge in [-0.3, -0.25) is 34.0 Å². The van der Waals surface area contributed by atoms with Crippen LogP contribution in [0.3, 0.4) is 0 Å². The number of guanidine groups is 2. The van der Waals surface area contributed by atoms with E-state index in [1.54, 1.807) is 0 Å². The van der Waals surface area contributed by atoms with Crippen molar-refractivity contribution in [1.29, 1.82) is 0 Å². The Labute approximate surface area is 223 Å². The van der Waals surface area contributed by atoms with Crippen LogP contribution in [0.2, 0.25) is 0 Å². The molecule has 220 valence electrons. The molecule has 4 amide bonds. The zero-order valence-electron chi connectivity index (χ0n) is 21.2. The third-order valence-corrected chi connectivity index (χ3v) is 4.91. The van der Waals surface area contributed by atoms with E-state index in [1.807, 2.05) is 0 Å². The number of hydrogen-bond acceptors (Lipinski definition) is 9. The lowest BCUT2D eigenvalue weighted by Gasteiger charge is -2.25. The smallest absolute Gasteiger partial charge is 0.326 e. The highest BCUT2D eigenvalue weighted by Crippen LogP contribution is 2.06. The molecule has 19 nitrogen and oxygen atoms in total. The first-order valence-electron chi connectivity index (χ1n) is 11.6. The molecule has 0 heterocycles. The molecule has 17 N–H and O–H groups in total. The molecule has 0 aliphatic heterocycles. The first-order chi connectivity index (χ1) is 18.1. The van der Waals surface area contributed by atoms with Crippen molar-refractivity contribution in [3.63, 3.8) is 0 Å². The van der Waals surface area contributed by atoms with E-state index in [0.717, 1.165) is 0 Å². The quantitative estimate of drug-likeness (QED) is 0.0399. The SMILES string of the molecule is NC(=O)CC(NC(=O)C(CCCN=C(N)N)NC(=O)C(CCCN=C(N)N)NC(=O)C(N)CC(=O)O)C(=O)O. The maximum Gasteiger partial charge on any atom is 0.326 e. The zero-order chi connectivity index (χ0) is 30.1. The van der Waals surface area contributed by atoms with Crippen molar-refractivity contribution < 1.29 is 39.0 Å². The first-order valence-corrected chi connectivity index (χ1v) is 11.6. The Morgan fingerprint density at radius 1 is 0.641 bits per heavy atom. The maximum absolute atomic E-state index is 13.1. The Morgan fingerprint density at radius 2 is 1.05 bits per heavy atom. The zero-order valence-corrected chi connectivity index (χ0v) is 21.2. The van der Waals surface area contributed by atoms with Gasteiger partial charge in [-0.1, -0.05) is 0 Å². The second-order valence-electron chi connectivity index (χ2n) is 8.29. The Hall–Kier alpha value is -4.68. The Bertz CT molecular complexity index is 948. The Morgan fingerprint density at radius 3 is 1.41 bits per heavy atom. The van der Waals surface area contributed by atoms with Gasteiger partial charge >= 0.3 is 11.9 Å². The lowest BCUT2D eigenvalue weighted by Crippen LogP contribution is -2.57. The average Bonchev–Trinajstić information content (AvgIpc) is 2.80. The van der Waals surface area contributed by atoms with Gasteiger partial charge in [0.15, 0.2) is 11.9 Å². The van der Waals surface area contributed by atoms with E-state index in [1.165, 1.54) is 0 Å². The minimum Gasteiger partial charge on any atom is -0.481 e. The molecule has 0 rings (SSSR count). The summed E-state index contributed by atoms with van der Waals surface area (Å²) in [5, 5.41) is 25.0. The fraction of sp³-hybridized carbons (Fsp3) is 0.600. The Balaban J connectivity index is 5.80. The number of carbonyl (C=O) groups is 6. The monoisotopic (exact) mass is 559 g/mol. The van der Waals surface area contributed by atoms with E-state index in [-0.39, 0.29) is 50.7 Å². The van der Waals surface area contributed by atoms with Gasteiger partial charge in [-0.05, 0) is 25.7 Å². The molecule has 0 bridgehead atoms. The molecule has 4 atom stereocenters. The number of primary amides is 1. The molecule has 0 aromatic carbocycles. The van der Waals surface area contributed by atoms with E-state index in [9.17, 15) is 33.9 Å². The molecular formula is C20H37N11O8. The van der Waals surface area contributed by atoms with Gasteiger partial charge in [0.2, 0.25) is 23.6 Å². The largest absolute Gasteiger partial charge is 0.481 e. The van der Waals surface area contributed by atoms with E-state index in [4.69, 9.17) is 39.5 Å². The fourth-order valence-corrected chi connectivity index (χ4v) is 3.05. The van der Waals surface area contributed by atoms with Crippen molar-refractivity contribution in [2.75, 3.05) is 13.1 Å². The van der Waals surface area contributed by atoms with Crippen molar-refractivity contribution in [2.45, 2.75) is 62.7 Å². The molecule has 0 saturated heterocycles. The van der Waals surface area contributed by atoms with Crippen molar-refractivity contribution in [3.8, 4) is 0 Å². The van der Waals surface area contributed by atoms with Crippen LogP contribution in [0.1, 0.15) is 38.5 Å². The predicted molar refractivity (Wildman–Crippen MR) is 137 cm³/mol. The van der Waals surface area contributed by atoms with E-state index in [0.29, 0.717) is 0 Å². The molecule has 4 unspecified atom stereocenters. The van der Waals surface area contributed by atoms with E-state index in [2.05, 4.69) is 25.9 Å². The summed E-state index contributed by atoms with van der Waals surface area (Å²) in [4.78, 5) is 79.4. The van der Waals surface area contributed by atoms with E-state index < -0.39 is 72.6 Å². The fourth-order valence-electron chi connectivity index (χ4n) is 3.05. The number of aliphatic imine (C=N–C) groups is 2. The predicted octanol–water partition coefficient (Wildman–Crippen LogP) is -5.69. The Kier molecular flexibility index (Phi) is 15.6. The molecule has 0 saturated carbocycles. The van der Waals surface area contributed by atoms with Crippen molar-refractivity contribution >= 4 is 47.5 Å². The van der Waals surface area contributed by atoms with E-state index >= 15 is 0 Å². The molecule has 0 aromatic rings. The summed E-state index contributed by atoms with van der Waals surface area (Å²) in [7, 11) is 0. The lowest BCUT2D eigenvalue weighted by molar-refractivity contribution is -0.143. The number of nitrogens with one attached hydrogen (secondary N) is 3. The number of nitrogens with two attached hydrogens (primary N) is 6. The summed E-state index contributed by atoms with van der Waals surface area (Å²) in [6.07, 6.45) is -1.19. The number of rotatable bonds is 19. The molecule has 19 heteroatoms. The summed E-state index contributed by atoms with van der Waals surface area (Å²) in [5.41, 5.74) is 31.7. The number of hydrogen-bond donors (Lipinski definition) is 11. The summed E-state index contributed by atoms with van der Waals surface area (Å²) in [6.45, 7) is 0.146. The van der Waals surface area contributed by atoms with Gasteiger partial charge in [0.25, 0.3) is 0 Å². The third-order valence-electron chi connectivity index (χ3n) is 4.91. The van der Waals surface area contributed by atoms with Crippen LogP contribution >= 0.6 is 0 Å². The number of nitrogens with zero attached hydrogens (tertiary/aromatic N) is 2. The summed E-state index contributed by atoms with van der Waals surface area (Å²) in [6, 6.07) is -5.80.